The first-order valence-electron chi connectivity index (χ1n) is 6.93. The van der Waals surface area contributed by atoms with Crippen LogP contribution in [0.2, 0.25) is 0 Å². The summed E-state index contributed by atoms with van der Waals surface area (Å²) in [4.78, 5) is 45.7. The third kappa shape index (κ3) is 4.29. The van der Waals surface area contributed by atoms with Gasteiger partial charge in [0.05, 0.1) is 11.1 Å². The normalized spacial score (nSPS) is 10.3. The fourth-order valence-corrected chi connectivity index (χ4v) is 2.34. The highest BCUT2D eigenvalue weighted by molar-refractivity contribution is 9.10. The van der Waals surface area contributed by atoms with E-state index in [0.29, 0.717) is 5.69 Å². The van der Waals surface area contributed by atoms with Gasteiger partial charge in [-0.05, 0) is 30.7 Å². The SMILES string of the molecule is Cc1cc(NC(=O)Cn2cc([N+](=O)[O-])cc(C(N)=O)c2=O)ccc1Br. The molecule has 1 aromatic carbocycles. The topological polar surface area (TPSA) is 137 Å². The molecule has 0 radical (unpaired) electrons. The molecule has 1 heterocycles. The average molecular weight is 409 g/mol. The van der Waals surface area contributed by atoms with Crippen molar-refractivity contribution in [2.24, 2.45) is 5.73 Å². The first-order valence-corrected chi connectivity index (χ1v) is 7.73. The molecular weight excluding hydrogens is 396 g/mol. The Bertz CT molecular complexity index is 938. The molecule has 0 unspecified atom stereocenters. The lowest BCUT2D eigenvalue weighted by atomic mass is 10.2. The van der Waals surface area contributed by atoms with Crippen LogP contribution in [0, 0.1) is 17.0 Å². The summed E-state index contributed by atoms with van der Waals surface area (Å²) < 4.78 is 1.64. The van der Waals surface area contributed by atoms with Gasteiger partial charge in [-0.3, -0.25) is 29.1 Å². The zero-order valence-electron chi connectivity index (χ0n) is 13.0. The number of nitrogens with two attached hydrogens (primary N) is 1. The van der Waals surface area contributed by atoms with E-state index >= 15 is 0 Å². The summed E-state index contributed by atoms with van der Waals surface area (Å²) >= 11 is 3.34. The molecule has 0 saturated carbocycles. The lowest BCUT2D eigenvalue weighted by Gasteiger charge is -2.09. The quantitative estimate of drug-likeness (QED) is 0.570. The van der Waals surface area contributed by atoms with Crippen molar-refractivity contribution in [1.82, 2.24) is 4.57 Å². The van der Waals surface area contributed by atoms with Crippen molar-refractivity contribution >= 4 is 39.1 Å². The Kier molecular flexibility index (Phi) is 5.32. The molecule has 2 aromatic rings. The Hall–Kier alpha value is -3.01. The number of anilines is 1. The number of aryl methyl sites for hydroxylation is 1. The van der Waals surface area contributed by atoms with Gasteiger partial charge >= 0.3 is 0 Å². The van der Waals surface area contributed by atoms with E-state index in [4.69, 9.17) is 5.73 Å². The number of hydrogen-bond donors (Lipinski definition) is 2. The third-order valence-corrected chi connectivity index (χ3v) is 4.19. The number of nitrogens with zero attached hydrogens (tertiary/aromatic N) is 2. The number of hydrogen-bond acceptors (Lipinski definition) is 5. The van der Waals surface area contributed by atoms with Gasteiger partial charge in [0, 0.05) is 16.2 Å². The number of aromatic nitrogens is 1. The predicted molar refractivity (Wildman–Crippen MR) is 93.4 cm³/mol. The standard InChI is InChI=1S/C15H13BrN4O5/c1-8-4-9(2-3-12(8)16)18-13(21)7-19-6-10(20(24)25)5-11(14(17)22)15(19)23/h2-6H,7H2,1H3,(H2,17,22)(H,18,21). The molecule has 9 nitrogen and oxygen atoms in total. The van der Waals surface area contributed by atoms with Gasteiger partial charge in [-0.1, -0.05) is 15.9 Å². The molecule has 10 heteroatoms. The largest absolute Gasteiger partial charge is 0.365 e. The van der Waals surface area contributed by atoms with E-state index in [-0.39, 0.29) is 0 Å². The van der Waals surface area contributed by atoms with Crippen LogP contribution in [0.1, 0.15) is 15.9 Å². The summed E-state index contributed by atoms with van der Waals surface area (Å²) in [6.07, 6.45) is 0.890. The first kappa shape index (κ1) is 18.3. The van der Waals surface area contributed by atoms with Gasteiger partial charge in [0.25, 0.3) is 17.2 Å². The van der Waals surface area contributed by atoms with Crippen molar-refractivity contribution in [3.63, 3.8) is 0 Å². The number of primary amides is 1. The molecule has 0 aliphatic rings. The number of nitrogens with one attached hydrogen (secondary N) is 1. The Morgan fingerprint density at radius 2 is 2.04 bits per heavy atom. The monoisotopic (exact) mass is 408 g/mol. The second kappa shape index (κ2) is 7.26. The van der Waals surface area contributed by atoms with E-state index in [1.54, 1.807) is 18.2 Å². The second-order valence-corrected chi connectivity index (χ2v) is 6.03. The maximum Gasteiger partial charge on any atom is 0.286 e. The lowest BCUT2D eigenvalue weighted by Crippen LogP contribution is -2.33. The van der Waals surface area contributed by atoms with Crippen LogP contribution >= 0.6 is 15.9 Å². The Balaban J connectivity index is 2.30. The number of carbonyl (C=O) groups is 2. The lowest BCUT2D eigenvalue weighted by molar-refractivity contribution is -0.385. The van der Waals surface area contributed by atoms with Crippen molar-refractivity contribution in [3.8, 4) is 0 Å². The van der Waals surface area contributed by atoms with Gasteiger partial charge in [-0.2, -0.15) is 0 Å². The minimum Gasteiger partial charge on any atom is -0.365 e. The fraction of sp³-hybridized carbons (Fsp3) is 0.133. The molecule has 25 heavy (non-hydrogen) atoms. The van der Waals surface area contributed by atoms with E-state index < -0.39 is 40.1 Å². The van der Waals surface area contributed by atoms with Gasteiger partial charge in [-0.25, -0.2) is 0 Å². The predicted octanol–water partition coefficient (Wildman–Crippen LogP) is 1.57. The number of benzene rings is 1. The maximum atomic E-state index is 12.1. The van der Waals surface area contributed by atoms with Gasteiger partial charge in [0.1, 0.15) is 12.1 Å². The first-order chi connectivity index (χ1) is 11.7. The minimum absolute atomic E-state index is 0.499. The molecule has 0 spiro atoms. The van der Waals surface area contributed by atoms with Crippen molar-refractivity contribution in [3.05, 3.63) is 66.5 Å². The Morgan fingerprint density at radius 1 is 1.36 bits per heavy atom. The number of rotatable bonds is 5. The molecule has 130 valence electrons. The van der Waals surface area contributed by atoms with Crippen LogP contribution in [0.3, 0.4) is 0 Å². The van der Waals surface area contributed by atoms with E-state index in [9.17, 15) is 24.5 Å². The number of halogens is 1. The van der Waals surface area contributed by atoms with Crippen LogP contribution in [0.15, 0.2) is 39.7 Å². The number of carbonyl (C=O) groups excluding carboxylic acids is 2. The fourth-order valence-electron chi connectivity index (χ4n) is 2.09. The molecule has 2 amide bonds. The molecule has 0 aliphatic carbocycles. The molecule has 1 aromatic heterocycles. The highest BCUT2D eigenvalue weighted by atomic mass is 79.9. The molecule has 0 bridgehead atoms. The summed E-state index contributed by atoms with van der Waals surface area (Å²) in [5, 5.41) is 13.5. The molecule has 0 fully saturated rings. The average Bonchev–Trinajstić information content (AvgIpc) is 2.52. The van der Waals surface area contributed by atoms with E-state index in [1.165, 1.54) is 0 Å². The number of pyridine rings is 1. The summed E-state index contributed by atoms with van der Waals surface area (Å²) in [6.45, 7) is 1.33. The third-order valence-electron chi connectivity index (χ3n) is 3.30. The van der Waals surface area contributed by atoms with Gasteiger partial charge in [0.15, 0.2) is 0 Å². The molecule has 0 atom stereocenters. The van der Waals surface area contributed by atoms with Crippen LogP contribution in [0.4, 0.5) is 11.4 Å². The molecular formula is C15H13BrN4O5. The van der Waals surface area contributed by atoms with Crippen LogP contribution < -0.4 is 16.6 Å². The van der Waals surface area contributed by atoms with Gasteiger partial charge < -0.3 is 11.1 Å². The van der Waals surface area contributed by atoms with Crippen LogP contribution in [0.25, 0.3) is 0 Å². The number of nitro groups is 1. The highest BCUT2D eigenvalue weighted by Crippen LogP contribution is 2.20. The second-order valence-electron chi connectivity index (χ2n) is 5.18. The van der Waals surface area contributed by atoms with E-state index in [0.717, 1.165) is 26.9 Å². The summed E-state index contributed by atoms with van der Waals surface area (Å²) in [7, 11) is 0. The van der Waals surface area contributed by atoms with Gasteiger partial charge in [0.2, 0.25) is 5.91 Å². The summed E-state index contributed by atoms with van der Waals surface area (Å²) in [5.74, 6) is -1.69. The van der Waals surface area contributed by atoms with Crippen molar-refractivity contribution in [2.45, 2.75) is 13.5 Å². The van der Waals surface area contributed by atoms with Gasteiger partial charge in [-0.15, -0.1) is 0 Å². The Morgan fingerprint density at radius 3 is 2.60 bits per heavy atom. The van der Waals surface area contributed by atoms with E-state index in [1.807, 2.05) is 6.92 Å². The summed E-state index contributed by atoms with van der Waals surface area (Å²) in [6, 6.07) is 5.90. The van der Waals surface area contributed by atoms with Crippen molar-refractivity contribution in [1.29, 1.82) is 0 Å². The molecule has 2 rings (SSSR count). The minimum atomic E-state index is -1.11. The zero-order chi connectivity index (χ0) is 18.7. The molecule has 0 aliphatic heterocycles. The van der Waals surface area contributed by atoms with Crippen LogP contribution in [-0.4, -0.2) is 21.3 Å². The van der Waals surface area contributed by atoms with Crippen LogP contribution in [-0.2, 0) is 11.3 Å². The maximum absolute atomic E-state index is 12.1. The van der Waals surface area contributed by atoms with Crippen molar-refractivity contribution in [2.75, 3.05) is 5.32 Å². The zero-order valence-corrected chi connectivity index (χ0v) is 14.6. The number of amides is 2. The Labute approximate surface area is 149 Å². The highest BCUT2D eigenvalue weighted by Gasteiger charge is 2.18. The van der Waals surface area contributed by atoms with Crippen LogP contribution in [0.5, 0.6) is 0 Å². The smallest absolute Gasteiger partial charge is 0.286 e. The molecule has 3 N–H and O–H groups in total. The van der Waals surface area contributed by atoms with E-state index in [2.05, 4.69) is 21.2 Å². The van der Waals surface area contributed by atoms with Crippen molar-refractivity contribution < 1.29 is 14.5 Å². The summed E-state index contributed by atoms with van der Waals surface area (Å²) in [5.41, 5.74) is 4.51. The molecule has 0 saturated heterocycles.